The van der Waals surface area contributed by atoms with Crippen molar-refractivity contribution in [1.82, 2.24) is 9.13 Å². The maximum absolute atomic E-state index is 15.3. The first-order chi connectivity index (χ1) is 29.1. The van der Waals surface area contributed by atoms with Gasteiger partial charge in [-0.25, -0.2) is 22.8 Å². The summed E-state index contributed by atoms with van der Waals surface area (Å²) in [5.41, 5.74) is 12.0. The van der Waals surface area contributed by atoms with Gasteiger partial charge in [-0.3, -0.25) is 9.59 Å². The van der Waals surface area contributed by atoms with E-state index in [0.717, 1.165) is 69.6 Å². The molecule has 2 saturated heterocycles. The molecule has 4 saturated carbocycles. The van der Waals surface area contributed by atoms with Crippen molar-refractivity contribution >= 4 is 45.1 Å². The molecular formula is C42H47F5N6O8. The molecule has 0 amide bonds. The smallest absolute Gasteiger partial charge is 0.341 e. The molecule has 0 radical (unpaired) electrons. The number of fused-ring (bicyclic) bond motifs is 2. The Morgan fingerprint density at radius 2 is 1.18 bits per heavy atom. The van der Waals surface area contributed by atoms with Crippen LogP contribution in [0.1, 0.15) is 84.2 Å². The minimum absolute atomic E-state index is 0.0627. The number of hydrogen-bond acceptors (Lipinski definition) is 10. The van der Waals surface area contributed by atoms with E-state index in [-0.39, 0.29) is 56.7 Å². The zero-order valence-corrected chi connectivity index (χ0v) is 33.5. The van der Waals surface area contributed by atoms with Crippen LogP contribution in [0.3, 0.4) is 0 Å². The van der Waals surface area contributed by atoms with Crippen molar-refractivity contribution in [2.45, 2.75) is 86.9 Å². The Balaban J connectivity index is 0.000000162. The lowest BCUT2D eigenvalue weighted by Crippen LogP contribution is -2.34. The Bertz CT molecular complexity index is 2560. The lowest BCUT2D eigenvalue weighted by atomic mass is 9.97. The van der Waals surface area contributed by atoms with Crippen molar-refractivity contribution < 1.29 is 51.6 Å². The van der Waals surface area contributed by atoms with Gasteiger partial charge in [-0.2, -0.15) is 0 Å². The lowest BCUT2D eigenvalue weighted by Gasteiger charge is -2.25. The number of halogens is 5. The molecule has 2 aromatic carbocycles. The first-order valence-corrected chi connectivity index (χ1v) is 20.3. The molecule has 6 fully saturated rings. The summed E-state index contributed by atoms with van der Waals surface area (Å²) in [4.78, 5) is 52.7. The van der Waals surface area contributed by atoms with Crippen LogP contribution in [0.5, 0.6) is 11.5 Å². The quantitative estimate of drug-likeness (QED) is 0.145. The molecule has 0 unspecified atom stereocenters. The molecule has 2 aliphatic heterocycles. The molecule has 19 heteroatoms. The van der Waals surface area contributed by atoms with Crippen LogP contribution in [0.2, 0.25) is 0 Å². The summed E-state index contributed by atoms with van der Waals surface area (Å²) in [5.74, 6) is -2.15. The third-order valence-electron chi connectivity index (χ3n) is 13.6. The van der Waals surface area contributed by atoms with Crippen molar-refractivity contribution in [2.24, 2.45) is 23.3 Å². The van der Waals surface area contributed by atoms with Crippen LogP contribution < -0.4 is 41.6 Å². The van der Waals surface area contributed by atoms with Crippen LogP contribution in [0.4, 0.5) is 33.7 Å². The van der Waals surface area contributed by atoms with Crippen LogP contribution in [0.25, 0.3) is 21.8 Å². The molecule has 328 valence electrons. The molecule has 4 aliphatic carbocycles. The number of nitrogens with two attached hydrogens (primary N) is 2. The maximum atomic E-state index is 15.3. The number of pyridine rings is 2. The van der Waals surface area contributed by atoms with Crippen molar-refractivity contribution in [3.05, 3.63) is 68.0 Å². The fraction of sp³-hybridized carbons (Fsp3) is 0.524. The zero-order chi connectivity index (χ0) is 43.9. The fourth-order valence-corrected chi connectivity index (χ4v) is 9.48. The Kier molecular flexibility index (Phi) is 10.7. The van der Waals surface area contributed by atoms with Gasteiger partial charge < -0.3 is 50.1 Å². The third-order valence-corrected chi connectivity index (χ3v) is 13.6. The number of benzene rings is 2. The summed E-state index contributed by atoms with van der Waals surface area (Å²) >= 11 is 0. The largest absolute Gasteiger partial charge is 0.492 e. The summed E-state index contributed by atoms with van der Waals surface area (Å²) < 4.78 is 73.4. The summed E-state index contributed by atoms with van der Waals surface area (Å²) in [6.45, 7) is 2.81. The number of anilines is 2. The molecule has 61 heavy (non-hydrogen) atoms. The first kappa shape index (κ1) is 42.3. The van der Waals surface area contributed by atoms with Crippen molar-refractivity contribution in [3.63, 3.8) is 0 Å². The van der Waals surface area contributed by atoms with Crippen LogP contribution >= 0.6 is 0 Å². The number of methoxy groups -OCH3 is 2. The van der Waals surface area contributed by atoms with Gasteiger partial charge in [-0.1, -0.05) is 0 Å². The summed E-state index contributed by atoms with van der Waals surface area (Å²) in [5, 5.41) is 18.9. The average molecular weight is 859 g/mol. The second-order valence-corrected chi connectivity index (χ2v) is 17.3. The monoisotopic (exact) mass is 858 g/mol. The predicted molar refractivity (Wildman–Crippen MR) is 216 cm³/mol. The molecule has 4 heterocycles. The minimum Gasteiger partial charge on any atom is -0.492 e. The number of alkyl halides is 2. The normalized spacial score (nSPS) is 26.2. The van der Waals surface area contributed by atoms with E-state index >= 15 is 4.39 Å². The van der Waals surface area contributed by atoms with Gasteiger partial charge >= 0.3 is 11.9 Å². The molecule has 6 atom stereocenters. The molecule has 14 nitrogen and oxygen atoms in total. The standard InChI is InChI=1S/C21H23F2N3O4.C21H24FN3O4.F2/c1-30-19-16-11(18(27)12(20(28)29)9-26(16)15-7-13(15)22)6-14(23)17(19)25-5-2-10(8-25)21(24)3-4-21;1-29-19-15(24-7-4-11(9-24)21(23)5-6-21)3-2-12-17(19)25(16-8-14(16)22)10-13(18(12)26)20(27)28;1-2/h6,9-10,13,15H,2-5,7-8,24H2,1H3,(H,28,29);2-3,10-11,14,16H,4-9,23H2,1H3,(H,27,28);/t10-,13+,15-;11-,14+,16-;/m11./s1. The number of carboxylic acids is 2. The van der Waals surface area contributed by atoms with E-state index in [0.29, 0.717) is 36.7 Å². The molecule has 2 aromatic heterocycles. The van der Waals surface area contributed by atoms with E-state index in [1.54, 1.807) is 16.7 Å². The van der Waals surface area contributed by atoms with Gasteiger partial charge in [0.05, 0.1) is 53.8 Å². The molecule has 6 N–H and O–H groups in total. The fourth-order valence-electron chi connectivity index (χ4n) is 9.48. The Hall–Kier alpha value is -5.43. The maximum Gasteiger partial charge on any atom is 0.341 e. The third kappa shape index (κ3) is 7.32. The number of aromatic carboxylic acids is 2. The highest BCUT2D eigenvalue weighted by Gasteiger charge is 2.50. The van der Waals surface area contributed by atoms with Crippen LogP contribution in [0.15, 0.2) is 40.2 Å². The average Bonchev–Trinajstić information content (AvgIpc) is 4.23. The highest BCUT2D eigenvalue weighted by atomic mass is 20.0. The number of nitrogens with zero attached hydrogens (tertiary/aromatic N) is 4. The van der Waals surface area contributed by atoms with E-state index in [1.165, 1.54) is 25.0 Å². The topological polar surface area (TPSA) is 196 Å². The van der Waals surface area contributed by atoms with Gasteiger partial charge in [0.2, 0.25) is 10.9 Å². The summed E-state index contributed by atoms with van der Waals surface area (Å²) in [6.07, 6.45) is 6.55. The summed E-state index contributed by atoms with van der Waals surface area (Å²) in [6, 6.07) is 3.40. The van der Waals surface area contributed by atoms with Gasteiger partial charge in [-0.15, -0.1) is 0 Å². The molecule has 6 aliphatic rings. The minimum atomic E-state index is -1.43. The van der Waals surface area contributed by atoms with Crippen molar-refractivity contribution in [3.8, 4) is 11.5 Å². The molecule has 0 bridgehead atoms. The van der Waals surface area contributed by atoms with Crippen LogP contribution in [-0.4, -0.2) is 95.1 Å². The van der Waals surface area contributed by atoms with Gasteiger partial charge in [0.15, 0.2) is 17.3 Å². The van der Waals surface area contributed by atoms with E-state index in [2.05, 4.69) is 4.90 Å². The van der Waals surface area contributed by atoms with E-state index in [1.807, 2.05) is 4.90 Å². The Morgan fingerprint density at radius 3 is 1.62 bits per heavy atom. The SMILES string of the molecule is COc1c(N2CC[C@@H](C3(N)CC3)C2)c(F)cc2c(=O)c(C(=O)O)cn([C@@H]3C[C@@H]3F)c12.COc1c(N2CC[C@@H](C3(N)CC3)C2)ccc2c(=O)c(C(=O)O)cn([C@@H]3C[C@@H]3F)c12.FF. The van der Waals surface area contributed by atoms with Crippen LogP contribution in [0, 0.1) is 17.7 Å². The first-order valence-electron chi connectivity index (χ1n) is 20.3. The van der Waals surface area contributed by atoms with E-state index in [4.69, 9.17) is 30.1 Å². The van der Waals surface area contributed by atoms with E-state index in [9.17, 15) is 38.2 Å². The molecular weight excluding hydrogens is 811 g/mol. The number of ether oxygens (including phenoxy) is 2. The number of carboxylic acid groups (broad SMARTS) is 2. The van der Waals surface area contributed by atoms with Crippen molar-refractivity contribution in [2.75, 3.05) is 50.2 Å². The predicted octanol–water partition coefficient (Wildman–Crippen LogP) is 5.60. The second-order valence-electron chi connectivity index (χ2n) is 17.3. The molecule has 4 aromatic rings. The zero-order valence-electron chi connectivity index (χ0n) is 33.5. The number of carbonyl (C=O) groups is 2. The molecule has 0 spiro atoms. The lowest BCUT2D eigenvalue weighted by molar-refractivity contribution is 0.0684. The Labute approximate surface area is 345 Å². The van der Waals surface area contributed by atoms with Crippen LogP contribution in [-0.2, 0) is 0 Å². The number of hydrogen-bond donors (Lipinski definition) is 4. The number of rotatable bonds is 10. The van der Waals surface area contributed by atoms with Gasteiger partial charge in [-0.05, 0) is 68.6 Å². The van der Waals surface area contributed by atoms with Gasteiger partial charge in [0, 0.05) is 71.6 Å². The molecule has 10 rings (SSSR count). The number of aromatic nitrogens is 2. The van der Waals surface area contributed by atoms with Gasteiger partial charge in [0.25, 0.3) is 0 Å². The highest BCUT2D eigenvalue weighted by molar-refractivity contribution is 5.98. The summed E-state index contributed by atoms with van der Waals surface area (Å²) in [7, 11) is 2.90. The second kappa shape index (κ2) is 15.5. The highest BCUT2D eigenvalue weighted by Crippen LogP contribution is 2.50. The van der Waals surface area contributed by atoms with Crippen molar-refractivity contribution in [1.29, 1.82) is 0 Å². The van der Waals surface area contributed by atoms with E-state index < -0.39 is 58.6 Å². The van der Waals surface area contributed by atoms with Gasteiger partial charge in [0.1, 0.15) is 29.2 Å². The Morgan fingerprint density at radius 1 is 0.738 bits per heavy atom.